The van der Waals surface area contributed by atoms with Gasteiger partial charge in [0.05, 0.1) is 18.4 Å². The first-order chi connectivity index (χ1) is 13.1. The van der Waals surface area contributed by atoms with Crippen LogP contribution in [-0.2, 0) is 6.42 Å². The van der Waals surface area contributed by atoms with Crippen molar-refractivity contribution in [1.29, 1.82) is 0 Å². The van der Waals surface area contributed by atoms with Crippen LogP contribution in [0.1, 0.15) is 39.5 Å². The maximum Gasteiger partial charge on any atom is 0.227 e. The van der Waals surface area contributed by atoms with Crippen molar-refractivity contribution in [3.63, 3.8) is 0 Å². The minimum atomic E-state index is 0.0965. The lowest BCUT2D eigenvalue weighted by atomic mass is 9.82. The minimum absolute atomic E-state index is 0.0965. The Morgan fingerprint density at radius 2 is 1.93 bits per heavy atom. The number of rotatable bonds is 4. The van der Waals surface area contributed by atoms with E-state index in [1.54, 1.807) is 13.3 Å². The first kappa shape index (κ1) is 17.2. The van der Waals surface area contributed by atoms with E-state index in [0.29, 0.717) is 17.9 Å². The van der Waals surface area contributed by atoms with Gasteiger partial charge in [-0.1, -0.05) is 24.3 Å². The van der Waals surface area contributed by atoms with E-state index < -0.39 is 0 Å². The van der Waals surface area contributed by atoms with Gasteiger partial charge in [-0.05, 0) is 54.7 Å². The molecule has 27 heavy (non-hydrogen) atoms. The standard InChI is InChI=1S/C22H21N3O2/c1-14-4-3-5-17(10-14)24-22-23-13-19-20(25-22)11-16(12-21(19)26)15-6-8-18(27-2)9-7-15/h3-10,13,16H,11-12H2,1-2H3,(H,23,24,25). The Labute approximate surface area is 158 Å². The van der Waals surface area contributed by atoms with Crippen molar-refractivity contribution in [3.8, 4) is 5.75 Å². The number of anilines is 2. The molecule has 0 spiro atoms. The molecule has 0 bridgehead atoms. The Balaban J connectivity index is 1.59. The average Bonchev–Trinajstić information content (AvgIpc) is 2.68. The Bertz CT molecular complexity index is 983. The summed E-state index contributed by atoms with van der Waals surface area (Å²) in [5.74, 6) is 1.55. The van der Waals surface area contributed by atoms with Crippen LogP contribution in [0.25, 0.3) is 0 Å². The smallest absolute Gasteiger partial charge is 0.227 e. The number of hydrogen-bond acceptors (Lipinski definition) is 5. The van der Waals surface area contributed by atoms with Gasteiger partial charge < -0.3 is 10.1 Å². The number of Topliss-reactive ketones (excluding diaryl/α,β-unsaturated/α-hetero) is 1. The summed E-state index contributed by atoms with van der Waals surface area (Å²) in [6, 6.07) is 15.9. The Hall–Kier alpha value is -3.21. The predicted molar refractivity (Wildman–Crippen MR) is 105 cm³/mol. The molecule has 0 amide bonds. The van der Waals surface area contributed by atoms with Gasteiger partial charge in [0.25, 0.3) is 0 Å². The minimum Gasteiger partial charge on any atom is -0.497 e. The average molecular weight is 359 g/mol. The molecule has 1 aliphatic carbocycles. The van der Waals surface area contributed by atoms with Crippen LogP contribution >= 0.6 is 0 Å². The number of carbonyl (C=O) groups excluding carboxylic acids is 1. The second kappa shape index (κ2) is 7.19. The van der Waals surface area contributed by atoms with Crippen molar-refractivity contribution < 1.29 is 9.53 Å². The topological polar surface area (TPSA) is 64.1 Å². The molecule has 136 valence electrons. The van der Waals surface area contributed by atoms with Crippen molar-refractivity contribution in [2.24, 2.45) is 0 Å². The number of benzene rings is 2. The van der Waals surface area contributed by atoms with E-state index in [2.05, 4.69) is 15.3 Å². The third-order valence-electron chi connectivity index (χ3n) is 4.90. The lowest BCUT2D eigenvalue weighted by Gasteiger charge is -2.23. The molecule has 2 aromatic carbocycles. The molecule has 1 atom stereocenters. The van der Waals surface area contributed by atoms with Gasteiger partial charge in [-0.3, -0.25) is 4.79 Å². The molecule has 0 radical (unpaired) electrons. The molecule has 4 rings (SSSR count). The fraction of sp³-hybridized carbons (Fsp3) is 0.227. The lowest BCUT2D eigenvalue weighted by Crippen LogP contribution is -2.21. The van der Waals surface area contributed by atoms with Gasteiger partial charge >= 0.3 is 0 Å². The third kappa shape index (κ3) is 3.67. The molecule has 5 nitrogen and oxygen atoms in total. The largest absolute Gasteiger partial charge is 0.497 e. The number of fused-ring (bicyclic) bond motifs is 1. The Morgan fingerprint density at radius 1 is 1.11 bits per heavy atom. The van der Waals surface area contributed by atoms with Crippen molar-refractivity contribution in [3.05, 3.63) is 77.1 Å². The van der Waals surface area contributed by atoms with Crippen LogP contribution < -0.4 is 10.1 Å². The highest BCUT2D eigenvalue weighted by atomic mass is 16.5. The zero-order chi connectivity index (χ0) is 18.8. The number of carbonyl (C=O) groups is 1. The highest BCUT2D eigenvalue weighted by Crippen LogP contribution is 2.33. The van der Waals surface area contributed by atoms with Crippen LogP contribution in [0.4, 0.5) is 11.6 Å². The van der Waals surface area contributed by atoms with Gasteiger partial charge in [-0.15, -0.1) is 0 Å². The number of nitrogens with one attached hydrogen (secondary N) is 1. The van der Waals surface area contributed by atoms with Crippen LogP contribution in [0.3, 0.4) is 0 Å². The fourth-order valence-corrected chi connectivity index (χ4v) is 3.47. The second-order valence-electron chi connectivity index (χ2n) is 6.85. The monoisotopic (exact) mass is 359 g/mol. The summed E-state index contributed by atoms with van der Waals surface area (Å²) in [7, 11) is 1.65. The molecule has 5 heteroatoms. The number of aromatic nitrogens is 2. The molecule has 0 fully saturated rings. The number of hydrogen-bond donors (Lipinski definition) is 1. The quantitative estimate of drug-likeness (QED) is 0.745. The summed E-state index contributed by atoms with van der Waals surface area (Å²) in [5.41, 5.74) is 4.66. The number of ether oxygens (including phenoxy) is 1. The van der Waals surface area contributed by atoms with Crippen molar-refractivity contribution in [2.45, 2.75) is 25.7 Å². The van der Waals surface area contributed by atoms with Crippen LogP contribution in [0, 0.1) is 6.92 Å². The van der Waals surface area contributed by atoms with E-state index in [4.69, 9.17) is 4.74 Å². The van der Waals surface area contributed by atoms with Gasteiger partial charge in [0, 0.05) is 18.3 Å². The van der Waals surface area contributed by atoms with E-state index in [1.807, 2.05) is 55.5 Å². The fourth-order valence-electron chi connectivity index (χ4n) is 3.47. The van der Waals surface area contributed by atoms with Crippen molar-refractivity contribution in [2.75, 3.05) is 12.4 Å². The summed E-state index contributed by atoms with van der Waals surface area (Å²) >= 11 is 0. The highest BCUT2D eigenvalue weighted by molar-refractivity contribution is 5.98. The first-order valence-corrected chi connectivity index (χ1v) is 8.99. The van der Waals surface area contributed by atoms with Crippen molar-refractivity contribution >= 4 is 17.4 Å². The summed E-state index contributed by atoms with van der Waals surface area (Å²) in [5, 5.41) is 3.23. The van der Waals surface area contributed by atoms with Crippen LogP contribution in [0.5, 0.6) is 5.75 Å². The van der Waals surface area contributed by atoms with Crippen LogP contribution in [0.2, 0.25) is 0 Å². The van der Waals surface area contributed by atoms with Gasteiger partial charge in [-0.2, -0.15) is 0 Å². The molecular weight excluding hydrogens is 338 g/mol. The summed E-state index contributed by atoms with van der Waals surface area (Å²) in [6.45, 7) is 2.04. The summed E-state index contributed by atoms with van der Waals surface area (Å²) < 4.78 is 5.22. The maximum absolute atomic E-state index is 12.6. The molecule has 1 unspecified atom stereocenters. The van der Waals surface area contributed by atoms with Gasteiger partial charge in [0.1, 0.15) is 5.75 Å². The normalized spacial score (nSPS) is 15.9. The highest BCUT2D eigenvalue weighted by Gasteiger charge is 2.28. The van der Waals surface area contributed by atoms with E-state index in [-0.39, 0.29) is 11.7 Å². The zero-order valence-electron chi connectivity index (χ0n) is 15.4. The van der Waals surface area contributed by atoms with Gasteiger partial charge in [0.15, 0.2) is 5.78 Å². The van der Waals surface area contributed by atoms with Gasteiger partial charge in [0.2, 0.25) is 5.95 Å². The Morgan fingerprint density at radius 3 is 2.67 bits per heavy atom. The molecule has 1 heterocycles. The van der Waals surface area contributed by atoms with E-state index in [1.165, 1.54) is 0 Å². The summed E-state index contributed by atoms with van der Waals surface area (Å²) in [4.78, 5) is 21.5. The SMILES string of the molecule is COc1ccc(C2CC(=O)c3cnc(Nc4cccc(C)c4)nc3C2)cc1. The van der Waals surface area contributed by atoms with Crippen LogP contribution in [-0.4, -0.2) is 22.9 Å². The zero-order valence-corrected chi connectivity index (χ0v) is 15.4. The lowest BCUT2D eigenvalue weighted by molar-refractivity contribution is 0.0962. The molecule has 1 aliphatic rings. The Kier molecular flexibility index (Phi) is 4.59. The summed E-state index contributed by atoms with van der Waals surface area (Å²) in [6.07, 6.45) is 2.85. The van der Waals surface area contributed by atoms with E-state index in [0.717, 1.165) is 34.7 Å². The molecule has 1 aromatic heterocycles. The molecule has 0 saturated carbocycles. The number of nitrogens with zero attached hydrogens (tertiary/aromatic N) is 2. The van der Waals surface area contributed by atoms with E-state index in [9.17, 15) is 4.79 Å². The van der Waals surface area contributed by atoms with Gasteiger partial charge in [-0.25, -0.2) is 9.97 Å². The van der Waals surface area contributed by atoms with Crippen LogP contribution in [0.15, 0.2) is 54.7 Å². The number of methoxy groups -OCH3 is 1. The molecule has 1 N–H and O–H groups in total. The maximum atomic E-state index is 12.6. The number of ketones is 1. The molecule has 0 saturated heterocycles. The molecule has 3 aromatic rings. The first-order valence-electron chi connectivity index (χ1n) is 8.99. The predicted octanol–water partition coefficient (Wildman–Crippen LogP) is 4.45. The second-order valence-corrected chi connectivity index (χ2v) is 6.85. The molecular formula is C22H21N3O2. The molecule has 0 aliphatic heterocycles. The number of aryl methyl sites for hydroxylation is 1. The third-order valence-corrected chi connectivity index (χ3v) is 4.90. The van der Waals surface area contributed by atoms with Crippen molar-refractivity contribution in [1.82, 2.24) is 9.97 Å². The van der Waals surface area contributed by atoms with E-state index >= 15 is 0 Å².